The van der Waals surface area contributed by atoms with E-state index in [0.717, 1.165) is 36.5 Å². The third-order valence-corrected chi connectivity index (χ3v) is 10.7. The lowest BCUT2D eigenvalue weighted by atomic mass is 9.60. The van der Waals surface area contributed by atoms with Crippen molar-refractivity contribution in [3.63, 3.8) is 0 Å². The second-order valence-corrected chi connectivity index (χ2v) is 13.8. The van der Waals surface area contributed by atoms with Crippen LogP contribution in [0.15, 0.2) is 40.4 Å². The monoisotopic (exact) mass is 554 g/mol. The van der Waals surface area contributed by atoms with E-state index in [-0.39, 0.29) is 18.0 Å². The molecule has 3 aliphatic rings. The largest absolute Gasteiger partial charge is 0.461 e. The summed E-state index contributed by atoms with van der Waals surface area (Å²) in [6.45, 7) is 17.0. The van der Waals surface area contributed by atoms with Crippen molar-refractivity contribution >= 4 is 11.9 Å². The van der Waals surface area contributed by atoms with Crippen LogP contribution in [0.5, 0.6) is 0 Å². The summed E-state index contributed by atoms with van der Waals surface area (Å²) in [6.07, 6.45) is 17.3. The van der Waals surface area contributed by atoms with Gasteiger partial charge in [0.1, 0.15) is 12.1 Å². The summed E-state index contributed by atoms with van der Waals surface area (Å²) < 4.78 is 5.83. The van der Waals surface area contributed by atoms with E-state index in [1.165, 1.54) is 56.1 Å². The maximum atomic E-state index is 12.6. The molecule has 6 nitrogen and oxygen atoms in total. The fourth-order valence-corrected chi connectivity index (χ4v) is 7.65. The highest BCUT2D eigenvalue weighted by Gasteiger charge is 2.50. The first-order valence-electron chi connectivity index (χ1n) is 16.0. The van der Waals surface area contributed by atoms with Gasteiger partial charge in [-0.05, 0) is 98.4 Å². The van der Waals surface area contributed by atoms with Crippen LogP contribution < -0.4 is 17.2 Å². The van der Waals surface area contributed by atoms with Crippen LogP contribution in [-0.2, 0) is 9.53 Å². The molecule has 0 unspecified atom stereocenters. The summed E-state index contributed by atoms with van der Waals surface area (Å²) in [4.78, 5) is 16.6. The first kappa shape index (κ1) is 32.4. The average Bonchev–Trinajstić information content (AvgIpc) is 3.26. The fourth-order valence-electron chi connectivity index (χ4n) is 7.65. The highest BCUT2D eigenvalue weighted by atomic mass is 16.5. The quantitative estimate of drug-likeness (QED) is 0.106. The number of esters is 1. The summed E-state index contributed by atoms with van der Waals surface area (Å²) >= 11 is 0. The molecular formula is C34H58N4O2. The summed E-state index contributed by atoms with van der Waals surface area (Å²) in [7, 11) is 0. The van der Waals surface area contributed by atoms with Gasteiger partial charge in [0, 0.05) is 13.0 Å². The molecule has 226 valence electrons. The number of nitrogens with two attached hydrogens (primary N) is 3. The minimum absolute atomic E-state index is 0.0554. The molecule has 40 heavy (non-hydrogen) atoms. The highest BCUT2D eigenvalue weighted by molar-refractivity contribution is 5.76. The van der Waals surface area contributed by atoms with Gasteiger partial charge in [-0.1, -0.05) is 77.3 Å². The van der Waals surface area contributed by atoms with Crippen molar-refractivity contribution in [2.75, 3.05) is 6.54 Å². The maximum Gasteiger partial charge on any atom is 0.323 e. The van der Waals surface area contributed by atoms with Gasteiger partial charge < -0.3 is 21.9 Å². The van der Waals surface area contributed by atoms with Crippen LogP contribution in [0.2, 0.25) is 0 Å². The van der Waals surface area contributed by atoms with Crippen LogP contribution in [0.4, 0.5) is 0 Å². The summed E-state index contributed by atoms with van der Waals surface area (Å²) in [5.74, 6) is 3.60. The molecule has 0 aliphatic heterocycles. The lowest BCUT2D eigenvalue weighted by molar-refractivity contribution is -0.151. The molecule has 3 aliphatic carbocycles. The van der Waals surface area contributed by atoms with E-state index in [0.29, 0.717) is 37.1 Å². The number of nitrogens with zero attached hydrogens (tertiary/aromatic N) is 1. The highest BCUT2D eigenvalue weighted by Crippen LogP contribution is 2.60. The lowest BCUT2D eigenvalue weighted by Crippen LogP contribution is -2.36. The van der Waals surface area contributed by atoms with Crippen molar-refractivity contribution in [2.45, 2.75) is 124 Å². The Morgan fingerprint density at radius 3 is 2.55 bits per heavy atom. The normalized spacial score (nSPS) is 31.2. The number of guanidine groups is 1. The Balaban J connectivity index is 1.60. The first-order valence-corrected chi connectivity index (χ1v) is 16.0. The maximum absolute atomic E-state index is 12.6. The van der Waals surface area contributed by atoms with Gasteiger partial charge >= 0.3 is 5.97 Å². The zero-order chi connectivity index (χ0) is 29.4. The van der Waals surface area contributed by atoms with Gasteiger partial charge in [-0.3, -0.25) is 9.79 Å². The molecule has 0 aromatic carbocycles. The number of hydrogen-bond donors (Lipinski definition) is 3. The van der Waals surface area contributed by atoms with Crippen molar-refractivity contribution in [3.05, 3.63) is 35.5 Å². The van der Waals surface area contributed by atoms with Crippen LogP contribution in [0.25, 0.3) is 0 Å². The number of carbonyl (C=O) groups is 1. The molecule has 0 amide bonds. The Kier molecular flexibility index (Phi) is 11.9. The van der Waals surface area contributed by atoms with Crippen LogP contribution >= 0.6 is 0 Å². The Morgan fingerprint density at radius 1 is 1.10 bits per heavy atom. The van der Waals surface area contributed by atoms with Crippen LogP contribution in [0, 0.1) is 35.0 Å². The zero-order valence-electron chi connectivity index (χ0n) is 26.1. The molecule has 0 aromatic rings. The van der Waals surface area contributed by atoms with Gasteiger partial charge in [0.2, 0.25) is 0 Å². The number of rotatable bonds is 12. The lowest BCUT2D eigenvalue weighted by Gasteiger charge is -2.44. The second-order valence-electron chi connectivity index (χ2n) is 13.8. The SMILES string of the molecule is C=C1CC[C@H](OC(=O)[C@H](N)CCCN=C(N)N)CC1=CC=C1CCC[C@]2(C)[C@@H]([C@H](C)CC[C@H](C)C(C)C)CC[C@@H]12. The van der Waals surface area contributed by atoms with Crippen molar-refractivity contribution in [2.24, 2.45) is 57.2 Å². The van der Waals surface area contributed by atoms with E-state index in [9.17, 15) is 4.79 Å². The van der Waals surface area contributed by atoms with Gasteiger partial charge in [0.25, 0.3) is 0 Å². The van der Waals surface area contributed by atoms with Gasteiger partial charge in [0.05, 0.1) is 0 Å². The third kappa shape index (κ3) is 8.47. The predicted molar refractivity (Wildman–Crippen MR) is 167 cm³/mol. The number of carbonyl (C=O) groups excluding carboxylic acids is 1. The van der Waals surface area contributed by atoms with E-state index in [4.69, 9.17) is 21.9 Å². The second kappa shape index (κ2) is 14.7. The summed E-state index contributed by atoms with van der Waals surface area (Å²) in [5, 5.41) is 0. The number of fused-ring (bicyclic) bond motifs is 1. The molecule has 0 heterocycles. The predicted octanol–water partition coefficient (Wildman–Crippen LogP) is 6.80. The first-order chi connectivity index (χ1) is 18.9. The van der Waals surface area contributed by atoms with E-state index in [1.54, 1.807) is 5.57 Å². The summed E-state index contributed by atoms with van der Waals surface area (Å²) in [5.41, 5.74) is 21.2. The Morgan fingerprint density at radius 2 is 1.85 bits per heavy atom. The van der Waals surface area contributed by atoms with Crippen molar-refractivity contribution in [1.82, 2.24) is 0 Å². The van der Waals surface area contributed by atoms with E-state index in [2.05, 4.69) is 58.3 Å². The zero-order valence-corrected chi connectivity index (χ0v) is 26.1. The molecule has 0 spiro atoms. The Hall–Kier alpha value is -2.08. The van der Waals surface area contributed by atoms with Crippen LogP contribution in [0.3, 0.4) is 0 Å². The molecule has 6 N–H and O–H groups in total. The van der Waals surface area contributed by atoms with E-state index >= 15 is 0 Å². The molecule has 6 heteroatoms. The van der Waals surface area contributed by atoms with Gasteiger partial charge in [0.15, 0.2) is 5.96 Å². The minimum atomic E-state index is -0.653. The number of aliphatic imine (C=N–C) groups is 1. The number of hydrogen-bond acceptors (Lipinski definition) is 4. The minimum Gasteiger partial charge on any atom is -0.461 e. The van der Waals surface area contributed by atoms with Crippen LogP contribution in [-0.4, -0.2) is 30.6 Å². The smallest absolute Gasteiger partial charge is 0.323 e. The van der Waals surface area contributed by atoms with Gasteiger partial charge in [-0.25, -0.2) is 0 Å². The Bertz CT molecular complexity index is 963. The molecule has 3 saturated carbocycles. The summed E-state index contributed by atoms with van der Waals surface area (Å²) in [6, 6.07) is -0.653. The van der Waals surface area contributed by atoms with E-state index in [1.807, 2.05) is 0 Å². The number of ether oxygens (including phenoxy) is 1. The molecule has 0 saturated heterocycles. The Labute approximate surface area is 244 Å². The van der Waals surface area contributed by atoms with Gasteiger partial charge in [-0.15, -0.1) is 0 Å². The van der Waals surface area contributed by atoms with Crippen molar-refractivity contribution in [1.29, 1.82) is 0 Å². The molecule has 3 fully saturated rings. The fraction of sp³-hybridized carbons (Fsp3) is 0.765. The molecular weight excluding hydrogens is 496 g/mol. The molecule has 0 radical (unpaired) electrons. The molecule has 0 bridgehead atoms. The molecule has 0 aromatic heterocycles. The number of allylic oxidation sites excluding steroid dienone is 4. The van der Waals surface area contributed by atoms with E-state index < -0.39 is 6.04 Å². The third-order valence-electron chi connectivity index (χ3n) is 10.7. The topological polar surface area (TPSA) is 117 Å². The van der Waals surface area contributed by atoms with Crippen molar-refractivity contribution in [3.8, 4) is 0 Å². The van der Waals surface area contributed by atoms with Crippen molar-refractivity contribution < 1.29 is 9.53 Å². The molecule has 7 atom stereocenters. The molecule has 3 rings (SSSR count). The van der Waals surface area contributed by atoms with Crippen LogP contribution in [0.1, 0.15) is 112 Å². The average molecular weight is 555 g/mol. The standard InChI is InChI=1S/C34H58N4O2/c1-22(2)23(3)11-12-25(5)29-17-18-30-26(9-7-19-34(29,30)6)14-15-27-21-28(16-13-24(27)4)40-32(39)31(35)10-8-20-38-33(36)37/h14-15,22-23,25,28-31H,4,7-13,16-21,35H2,1-3,5-6H3,(H4,36,37,38)/t23-,25+,28-,29+,30-,31+,34+/m0/s1. The van der Waals surface area contributed by atoms with Gasteiger partial charge in [-0.2, -0.15) is 0 Å².